The summed E-state index contributed by atoms with van der Waals surface area (Å²) < 4.78 is 5.87. The van der Waals surface area contributed by atoms with Crippen LogP contribution in [0, 0.1) is 0 Å². The Labute approximate surface area is 137 Å². The predicted octanol–water partition coefficient (Wildman–Crippen LogP) is 4.95. The summed E-state index contributed by atoms with van der Waals surface area (Å²) in [5, 5.41) is 4.38. The molecule has 3 heteroatoms. The molecule has 0 atom stereocenters. The van der Waals surface area contributed by atoms with Crippen LogP contribution in [0.2, 0.25) is 5.02 Å². The summed E-state index contributed by atoms with van der Waals surface area (Å²) >= 11 is 6.15. The molecule has 22 heavy (non-hydrogen) atoms. The van der Waals surface area contributed by atoms with Crippen LogP contribution < -0.4 is 10.1 Å². The molecule has 0 spiro atoms. The van der Waals surface area contributed by atoms with E-state index in [2.05, 4.69) is 17.4 Å². The molecule has 1 aliphatic rings. The van der Waals surface area contributed by atoms with Gasteiger partial charge in [-0.05, 0) is 36.6 Å². The fourth-order valence-corrected chi connectivity index (χ4v) is 3.10. The predicted molar refractivity (Wildman–Crippen MR) is 91.3 cm³/mol. The third kappa shape index (κ3) is 4.25. The lowest BCUT2D eigenvalue weighted by Gasteiger charge is -2.13. The summed E-state index contributed by atoms with van der Waals surface area (Å²) in [7, 11) is 0. The van der Waals surface area contributed by atoms with Crippen LogP contribution in [0.4, 0.5) is 0 Å². The Morgan fingerprint density at radius 3 is 2.68 bits per heavy atom. The number of halogens is 1. The van der Waals surface area contributed by atoms with Crippen LogP contribution in [0.3, 0.4) is 0 Å². The van der Waals surface area contributed by atoms with Crippen LogP contribution in [0.1, 0.15) is 36.8 Å². The molecule has 1 fully saturated rings. The standard InChI is InChI=1S/C19H22ClNO/c20-19-11-4-1-7-16(19)14-22-18-10-5-6-15(12-18)13-21-17-8-2-3-9-17/h1,4-7,10-12,17,21H,2-3,8-9,13-14H2. The van der Waals surface area contributed by atoms with Gasteiger partial charge in [-0.25, -0.2) is 0 Å². The van der Waals surface area contributed by atoms with E-state index in [-0.39, 0.29) is 0 Å². The van der Waals surface area contributed by atoms with Gasteiger partial charge in [0.25, 0.3) is 0 Å². The molecule has 1 aliphatic carbocycles. The lowest BCUT2D eigenvalue weighted by molar-refractivity contribution is 0.306. The van der Waals surface area contributed by atoms with Gasteiger partial charge in [0.15, 0.2) is 0 Å². The molecule has 0 bridgehead atoms. The van der Waals surface area contributed by atoms with E-state index in [9.17, 15) is 0 Å². The second kappa shape index (κ2) is 7.66. The van der Waals surface area contributed by atoms with Gasteiger partial charge in [0, 0.05) is 23.2 Å². The Bertz CT molecular complexity index is 608. The second-order valence-electron chi connectivity index (χ2n) is 5.89. The normalized spacial score (nSPS) is 15.1. The van der Waals surface area contributed by atoms with Crippen molar-refractivity contribution in [3.63, 3.8) is 0 Å². The molecule has 2 aromatic rings. The third-order valence-electron chi connectivity index (χ3n) is 4.20. The van der Waals surface area contributed by atoms with E-state index in [0.29, 0.717) is 12.6 Å². The highest BCUT2D eigenvalue weighted by Gasteiger charge is 2.13. The fourth-order valence-electron chi connectivity index (χ4n) is 2.91. The van der Waals surface area contributed by atoms with Gasteiger partial charge in [-0.3, -0.25) is 0 Å². The average molecular weight is 316 g/mol. The van der Waals surface area contributed by atoms with Crippen LogP contribution in [-0.2, 0) is 13.2 Å². The van der Waals surface area contributed by atoms with Crippen molar-refractivity contribution in [2.45, 2.75) is 44.9 Å². The molecule has 0 heterocycles. The highest BCUT2D eigenvalue weighted by Crippen LogP contribution is 2.21. The molecule has 0 saturated heterocycles. The number of hydrogen-bond donors (Lipinski definition) is 1. The summed E-state index contributed by atoms with van der Waals surface area (Å²) in [4.78, 5) is 0. The van der Waals surface area contributed by atoms with Crippen molar-refractivity contribution in [1.29, 1.82) is 0 Å². The monoisotopic (exact) mass is 315 g/mol. The molecule has 0 aliphatic heterocycles. The summed E-state index contributed by atoms with van der Waals surface area (Å²) in [6.07, 6.45) is 5.34. The molecular formula is C19H22ClNO. The van der Waals surface area contributed by atoms with E-state index in [4.69, 9.17) is 16.3 Å². The molecular weight excluding hydrogens is 294 g/mol. The SMILES string of the molecule is Clc1ccccc1COc1cccc(CNC2CCCC2)c1. The number of benzene rings is 2. The van der Waals surface area contributed by atoms with Crippen molar-refractivity contribution >= 4 is 11.6 Å². The second-order valence-corrected chi connectivity index (χ2v) is 6.30. The zero-order valence-corrected chi connectivity index (χ0v) is 13.5. The highest BCUT2D eigenvalue weighted by molar-refractivity contribution is 6.31. The van der Waals surface area contributed by atoms with Gasteiger partial charge in [0.1, 0.15) is 12.4 Å². The van der Waals surface area contributed by atoms with Crippen LogP contribution in [0.5, 0.6) is 5.75 Å². The largest absolute Gasteiger partial charge is 0.489 e. The van der Waals surface area contributed by atoms with Gasteiger partial charge in [0.05, 0.1) is 0 Å². The van der Waals surface area contributed by atoms with Crippen molar-refractivity contribution in [3.8, 4) is 5.75 Å². The Hall–Kier alpha value is -1.51. The Kier molecular flexibility index (Phi) is 5.36. The Balaban J connectivity index is 1.55. The van der Waals surface area contributed by atoms with Gasteiger partial charge in [-0.2, -0.15) is 0 Å². The summed E-state index contributed by atoms with van der Waals surface area (Å²) in [5.74, 6) is 0.894. The molecule has 0 unspecified atom stereocenters. The topological polar surface area (TPSA) is 21.3 Å². The molecule has 1 saturated carbocycles. The Morgan fingerprint density at radius 1 is 1.05 bits per heavy atom. The molecule has 3 rings (SSSR count). The van der Waals surface area contributed by atoms with E-state index in [1.54, 1.807) is 0 Å². The minimum Gasteiger partial charge on any atom is -0.489 e. The quantitative estimate of drug-likeness (QED) is 0.814. The highest BCUT2D eigenvalue weighted by atomic mass is 35.5. The average Bonchev–Trinajstić information content (AvgIpc) is 3.06. The maximum atomic E-state index is 6.15. The van der Waals surface area contributed by atoms with Crippen LogP contribution >= 0.6 is 11.6 Å². The van der Waals surface area contributed by atoms with Crippen LogP contribution in [-0.4, -0.2) is 6.04 Å². The smallest absolute Gasteiger partial charge is 0.120 e. The summed E-state index contributed by atoms with van der Waals surface area (Å²) in [5.41, 5.74) is 2.28. The molecule has 0 radical (unpaired) electrons. The lowest BCUT2D eigenvalue weighted by atomic mass is 10.2. The Morgan fingerprint density at radius 2 is 1.86 bits per heavy atom. The lowest BCUT2D eigenvalue weighted by Crippen LogP contribution is -2.25. The van der Waals surface area contributed by atoms with Gasteiger partial charge in [0.2, 0.25) is 0 Å². The van der Waals surface area contributed by atoms with E-state index >= 15 is 0 Å². The first-order valence-electron chi connectivity index (χ1n) is 8.00. The number of rotatable bonds is 6. The molecule has 2 nitrogen and oxygen atoms in total. The van der Waals surface area contributed by atoms with Crippen LogP contribution in [0.25, 0.3) is 0 Å². The number of nitrogens with one attached hydrogen (secondary N) is 1. The zero-order chi connectivity index (χ0) is 15.2. The first-order valence-corrected chi connectivity index (χ1v) is 8.37. The van der Waals surface area contributed by atoms with E-state index in [0.717, 1.165) is 22.9 Å². The maximum absolute atomic E-state index is 6.15. The fraction of sp³-hybridized carbons (Fsp3) is 0.368. The minimum atomic E-state index is 0.499. The van der Waals surface area contributed by atoms with Crippen molar-refractivity contribution in [1.82, 2.24) is 5.32 Å². The van der Waals surface area contributed by atoms with Gasteiger partial charge in [-0.1, -0.05) is 54.8 Å². The molecule has 0 aromatic heterocycles. The van der Waals surface area contributed by atoms with E-state index < -0.39 is 0 Å². The summed E-state index contributed by atoms with van der Waals surface area (Å²) in [6.45, 7) is 1.41. The zero-order valence-electron chi connectivity index (χ0n) is 12.7. The maximum Gasteiger partial charge on any atom is 0.120 e. The minimum absolute atomic E-state index is 0.499. The first kappa shape index (κ1) is 15.4. The van der Waals surface area contributed by atoms with Crippen molar-refractivity contribution in [2.24, 2.45) is 0 Å². The molecule has 2 aromatic carbocycles. The number of hydrogen-bond acceptors (Lipinski definition) is 2. The van der Waals surface area contributed by atoms with Gasteiger partial charge >= 0.3 is 0 Å². The summed E-state index contributed by atoms with van der Waals surface area (Å²) in [6, 6.07) is 16.8. The third-order valence-corrected chi connectivity index (χ3v) is 4.57. The van der Waals surface area contributed by atoms with E-state index in [1.165, 1.54) is 31.2 Å². The van der Waals surface area contributed by atoms with Crippen molar-refractivity contribution in [2.75, 3.05) is 0 Å². The number of ether oxygens (including phenoxy) is 1. The molecule has 0 amide bonds. The first-order chi connectivity index (χ1) is 10.8. The van der Waals surface area contributed by atoms with Gasteiger partial charge in [-0.15, -0.1) is 0 Å². The van der Waals surface area contributed by atoms with Gasteiger partial charge < -0.3 is 10.1 Å². The van der Waals surface area contributed by atoms with Crippen LogP contribution in [0.15, 0.2) is 48.5 Å². The van der Waals surface area contributed by atoms with Crippen molar-refractivity contribution < 1.29 is 4.74 Å². The van der Waals surface area contributed by atoms with E-state index in [1.807, 2.05) is 36.4 Å². The molecule has 1 N–H and O–H groups in total. The molecule has 116 valence electrons. The van der Waals surface area contributed by atoms with Crippen molar-refractivity contribution in [3.05, 3.63) is 64.7 Å².